The molecule has 14 heteroatoms. The van der Waals surface area contributed by atoms with E-state index >= 15 is 0 Å². The third-order valence-corrected chi connectivity index (χ3v) is 8.09. The van der Waals surface area contributed by atoms with Crippen LogP contribution in [0.3, 0.4) is 0 Å². The van der Waals surface area contributed by atoms with Crippen LogP contribution in [0.5, 0.6) is 0 Å². The number of amides is 2. The maximum atomic E-state index is 15.0. The molecule has 1 saturated heterocycles. The molecule has 2 aliphatic rings. The maximum Gasteiger partial charge on any atom is 0.407 e. The highest BCUT2D eigenvalue weighted by molar-refractivity contribution is 5.96. The number of anilines is 1. The number of morpholine rings is 1. The van der Waals surface area contributed by atoms with Crippen molar-refractivity contribution in [1.29, 1.82) is 0 Å². The molecule has 1 aliphatic heterocycles. The lowest BCUT2D eigenvalue weighted by molar-refractivity contribution is -0.117. The largest absolute Gasteiger partial charge is 0.448 e. The average molecular weight is 648 g/mol. The van der Waals surface area contributed by atoms with Gasteiger partial charge >= 0.3 is 6.09 Å². The first-order valence-electron chi connectivity index (χ1n) is 14.8. The molecule has 46 heavy (non-hydrogen) atoms. The zero-order valence-corrected chi connectivity index (χ0v) is 24.7. The number of benzene rings is 2. The second kappa shape index (κ2) is 14.5. The maximum absolute atomic E-state index is 15.0. The number of nitrogens with two attached hydrogens (primary N) is 1. The summed E-state index contributed by atoms with van der Waals surface area (Å²) in [5, 5.41) is 8.27. The number of alkyl carbamates (subject to hydrolysis) is 1. The number of rotatable bonds is 11. The summed E-state index contributed by atoms with van der Waals surface area (Å²) in [6, 6.07) is 8.80. The highest BCUT2D eigenvalue weighted by Gasteiger charge is 2.46. The number of alkyl halides is 2. The summed E-state index contributed by atoms with van der Waals surface area (Å²) in [5.41, 5.74) is 7.81. The molecule has 3 aromatic rings. The van der Waals surface area contributed by atoms with Crippen LogP contribution in [0.25, 0.3) is 0 Å². The highest BCUT2D eigenvalue weighted by atomic mass is 19.3. The standard InChI is InChI=1S/C32H34F5N5O4/c33-20-5-1-18(2-6-20)28(19-3-7-21(34)8-4-19)29(38)30(43)42-27-15-39-14-26(35)25(27)10-9-24-13-40-23(16-45-24)17-46-31(44)41-22-11-32(36,37)12-22/h1-8,14-15,22-24,28-29,40H,9-13,16-17,38H2,(H,41,44)(H,42,43)/t23-,24+,29-/m0/s1. The monoisotopic (exact) mass is 647 g/mol. The van der Waals surface area contributed by atoms with Crippen molar-refractivity contribution in [3.05, 3.63) is 95.1 Å². The van der Waals surface area contributed by atoms with Crippen LogP contribution in [0.1, 0.15) is 41.9 Å². The van der Waals surface area contributed by atoms with Crippen LogP contribution in [0, 0.1) is 17.5 Å². The van der Waals surface area contributed by atoms with Crippen LogP contribution < -0.4 is 21.7 Å². The van der Waals surface area contributed by atoms with Crippen molar-refractivity contribution < 1.29 is 41.0 Å². The molecule has 5 rings (SSSR count). The van der Waals surface area contributed by atoms with E-state index in [1.807, 2.05) is 0 Å². The van der Waals surface area contributed by atoms with Gasteiger partial charge in [-0.3, -0.25) is 9.78 Å². The summed E-state index contributed by atoms with van der Waals surface area (Å²) in [6.07, 6.45) is 1.01. The van der Waals surface area contributed by atoms with Crippen molar-refractivity contribution in [3.63, 3.8) is 0 Å². The van der Waals surface area contributed by atoms with Crippen LogP contribution in [-0.4, -0.2) is 66.9 Å². The minimum Gasteiger partial charge on any atom is -0.448 e. The Kier molecular flexibility index (Phi) is 10.5. The summed E-state index contributed by atoms with van der Waals surface area (Å²) in [7, 11) is 0. The molecule has 1 aromatic heterocycles. The Bertz CT molecular complexity index is 1450. The van der Waals surface area contributed by atoms with Crippen molar-refractivity contribution in [2.45, 2.75) is 61.8 Å². The van der Waals surface area contributed by atoms with Crippen molar-refractivity contribution in [2.75, 3.05) is 25.1 Å². The second-order valence-corrected chi connectivity index (χ2v) is 11.5. The fourth-order valence-corrected chi connectivity index (χ4v) is 5.55. The van der Waals surface area contributed by atoms with Gasteiger partial charge in [-0.2, -0.15) is 0 Å². The molecule has 9 nitrogen and oxygen atoms in total. The molecule has 0 bridgehead atoms. The molecule has 1 aliphatic carbocycles. The van der Waals surface area contributed by atoms with E-state index in [2.05, 4.69) is 20.9 Å². The Balaban J connectivity index is 1.15. The number of carbonyl (C=O) groups excluding carboxylic acids is 2. The third kappa shape index (κ3) is 8.56. The Morgan fingerprint density at radius 2 is 1.65 bits per heavy atom. The first-order chi connectivity index (χ1) is 22.0. The molecular weight excluding hydrogens is 613 g/mol. The zero-order chi connectivity index (χ0) is 32.8. The number of hydrogen-bond acceptors (Lipinski definition) is 7. The molecule has 246 valence electrons. The topological polar surface area (TPSA) is 128 Å². The third-order valence-electron chi connectivity index (χ3n) is 8.09. The molecule has 5 N–H and O–H groups in total. The van der Waals surface area contributed by atoms with Crippen LogP contribution >= 0.6 is 0 Å². The van der Waals surface area contributed by atoms with Gasteiger partial charge in [0.05, 0.1) is 42.9 Å². The molecule has 0 unspecified atom stereocenters. The molecule has 2 heterocycles. The fourth-order valence-electron chi connectivity index (χ4n) is 5.55. The first kappa shape index (κ1) is 33.2. The minimum atomic E-state index is -2.75. The number of pyridine rings is 1. The highest BCUT2D eigenvalue weighted by Crippen LogP contribution is 2.37. The Labute approximate surface area is 262 Å². The number of ether oxygens (including phenoxy) is 2. The van der Waals surface area contributed by atoms with Crippen molar-refractivity contribution in [2.24, 2.45) is 5.73 Å². The molecule has 1 saturated carbocycles. The molecule has 3 atom stereocenters. The fraction of sp³-hybridized carbons (Fsp3) is 0.406. The summed E-state index contributed by atoms with van der Waals surface area (Å²) in [4.78, 5) is 29.1. The van der Waals surface area contributed by atoms with Crippen LogP contribution in [0.15, 0.2) is 60.9 Å². The molecule has 2 fully saturated rings. The zero-order valence-electron chi connectivity index (χ0n) is 24.7. The normalized spacial score (nSPS) is 20.1. The molecule has 0 spiro atoms. The van der Waals surface area contributed by atoms with Gasteiger partial charge in [0.25, 0.3) is 5.92 Å². The van der Waals surface area contributed by atoms with Gasteiger partial charge in [0.2, 0.25) is 5.91 Å². The molecule has 2 aromatic carbocycles. The van der Waals surface area contributed by atoms with Gasteiger partial charge < -0.3 is 31.2 Å². The SMILES string of the molecule is N[C@H](C(=O)Nc1cncc(F)c1CC[C@@H]1CN[C@H](COC(=O)NC2CC(F)(F)C2)CO1)C(c1ccc(F)cc1)c1ccc(F)cc1. The molecular formula is C32H34F5N5O4. The number of aromatic nitrogens is 1. The van der Waals surface area contributed by atoms with E-state index in [1.54, 1.807) is 0 Å². The van der Waals surface area contributed by atoms with E-state index in [0.717, 1.165) is 6.20 Å². The Morgan fingerprint density at radius 1 is 1.02 bits per heavy atom. The van der Waals surface area contributed by atoms with Gasteiger partial charge in [-0.15, -0.1) is 0 Å². The number of halogens is 5. The Morgan fingerprint density at radius 3 is 2.22 bits per heavy atom. The van der Waals surface area contributed by atoms with Gasteiger partial charge in [0.1, 0.15) is 24.1 Å². The average Bonchev–Trinajstić information content (AvgIpc) is 3.01. The first-order valence-corrected chi connectivity index (χ1v) is 14.8. The van der Waals surface area contributed by atoms with Gasteiger partial charge in [-0.1, -0.05) is 24.3 Å². The van der Waals surface area contributed by atoms with Gasteiger partial charge in [-0.25, -0.2) is 26.7 Å². The van der Waals surface area contributed by atoms with Crippen molar-refractivity contribution in [1.82, 2.24) is 15.6 Å². The predicted octanol–water partition coefficient (Wildman–Crippen LogP) is 4.41. The number of carbonyl (C=O) groups is 2. The number of nitrogens with one attached hydrogen (secondary N) is 3. The lowest BCUT2D eigenvalue weighted by Crippen LogP contribution is -2.52. The summed E-state index contributed by atoms with van der Waals surface area (Å²) in [5.74, 6) is -5.74. The van der Waals surface area contributed by atoms with E-state index in [0.29, 0.717) is 24.1 Å². The van der Waals surface area contributed by atoms with Crippen molar-refractivity contribution in [3.8, 4) is 0 Å². The quantitative estimate of drug-likeness (QED) is 0.227. The smallest absolute Gasteiger partial charge is 0.407 e. The van der Waals surface area contributed by atoms with Gasteiger partial charge in [0.15, 0.2) is 0 Å². The van der Waals surface area contributed by atoms with Gasteiger partial charge in [0, 0.05) is 36.9 Å². The van der Waals surface area contributed by atoms with E-state index < -0.39 is 66.2 Å². The van der Waals surface area contributed by atoms with Crippen LogP contribution in [0.2, 0.25) is 0 Å². The van der Waals surface area contributed by atoms with Crippen LogP contribution in [-0.2, 0) is 20.7 Å². The van der Waals surface area contributed by atoms with E-state index in [1.165, 1.54) is 54.7 Å². The molecule has 0 radical (unpaired) electrons. The second-order valence-electron chi connectivity index (χ2n) is 11.5. The Hall–Kier alpha value is -4.14. The van der Waals surface area contributed by atoms with Crippen LogP contribution in [0.4, 0.5) is 32.4 Å². The molecule has 2 amide bonds. The lowest BCUT2D eigenvalue weighted by atomic mass is 9.85. The summed E-state index contributed by atoms with van der Waals surface area (Å²) in [6.45, 7) is 0.555. The van der Waals surface area contributed by atoms with Crippen molar-refractivity contribution >= 4 is 17.7 Å². The van der Waals surface area contributed by atoms with E-state index in [4.69, 9.17) is 15.2 Å². The number of nitrogens with zero attached hydrogens (tertiary/aromatic N) is 1. The van der Waals surface area contributed by atoms with E-state index in [9.17, 15) is 31.5 Å². The summed E-state index contributed by atoms with van der Waals surface area (Å²) >= 11 is 0. The minimum absolute atomic E-state index is 0.0199. The number of hydrogen-bond donors (Lipinski definition) is 4. The lowest BCUT2D eigenvalue weighted by Gasteiger charge is -2.35. The van der Waals surface area contributed by atoms with Gasteiger partial charge in [-0.05, 0) is 48.2 Å². The summed E-state index contributed by atoms with van der Waals surface area (Å²) < 4.78 is 79.1. The van der Waals surface area contributed by atoms with E-state index in [-0.39, 0.29) is 43.0 Å². The predicted molar refractivity (Wildman–Crippen MR) is 158 cm³/mol.